The number of halogens is 1. The monoisotopic (exact) mass is 115 g/mol. The number of nitrogens with two attached hydrogens (primary N) is 1. The molecule has 0 saturated carbocycles. The minimum absolute atomic E-state index is 0.410. The van der Waals surface area contributed by atoms with E-state index in [1.807, 2.05) is 6.92 Å². The predicted octanol–water partition coefficient (Wildman–Crippen LogP) is 1.72. The summed E-state index contributed by atoms with van der Waals surface area (Å²) in [6.45, 7) is 5.25. The second-order valence-electron chi connectivity index (χ2n) is 1.47. The van der Waals surface area contributed by atoms with Crippen molar-refractivity contribution in [3.63, 3.8) is 0 Å². The van der Waals surface area contributed by atoms with E-state index in [1.165, 1.54) is 0 Å². The highest BCUT2D eigenvalue weighted by Crippen LogP contribution is 2.09. The zero-order chi connectivity index (χ0) is 6.57. The molecule has 0 aromatic carbocycles. The number of allylic oxidation sites excluding steroid dienone is 2. The Morgan fingerprint density at radius 1 is 1.88 bits per heavy atom. The number of hydrogen-bond donors (Lipinski definition) is 1. The van der Waals surface area contributed by atoms with Gasteiger partial charge in [0.1, 0.15) is 5.83 Å². The molecule has 0 atom stereocenters. The molecule has 0 aromatic rings. The Kier molecular flexibility index (Phi) is 2.92. The van der Waals surface area contributed by atoms with Gasteiger partial charge in [0.15, 0.2) is 0 Å². The first-order valence-corrected chi connectivity index (χ1v) is 2.48. The maximum absolute atomic E-state index is 12.2. The van der Waals surface area contributed by atoms with Crippen LogP contribution in [0.4, 0.5) is 4.39 Å². The van der Waals surface area contributed by atoms with Crippen LogP contribution in [0.2, 0.25) is 0 Å². The molecule has 2 N–H and O–H groups in total. The summed E-state index contributed by atoms with van der Waals surface area (Å²) in [5, 5.41) is 0. The Morgan fingerprint density at radius 2 is 2.38 bits per heavy atom. The molecular weight excluding hydrogens is 105 g/mol. The van der Waals surface area contributed by atoms with E-state index in [0.29, 0.717) is 12.0 Å². The van der Waals surface area contributed by atoms with E-state index in [4.69, 9.17) is 5.73 Å². The molecule has 0 amide bonds. The zero-order valence-corrected chi connectivity index (χ0v) is 4.95. The maximum Gasteiger partial charge on any atom is 0.141 e. The van der Waals surface area contributed by atoms with Crippen LogP contribution >= 0.6 is 0 Å². The van der Waals surface area contributed by atoms with Crippen molar-refractivity contribution in [3.05, 3.63) is 24.2 Å². The van der Waals surface area contributed by atoms with Crippen LogP contribution in [0, 0.1) is 0 Å². The fraction of sp³-hybridized carbons (Fsp3) is 0.333. The molecule has 2 heteroatoms. The predicted molar refractivity (Wildman–Crippen MR) is 32.8 cm³/mol. The van der Waals surface area contributed by atoms with Crippen LogP contribution in [0.5, 0.6) is 0 Å². The summed E-state index contributed by atoms with van der Waals surface area (Å²) in [5.41, 5.74) is 5.30. The lowest BCUT2D eigenvalue weighted by Crippen LogP contribution is -1.84. The molecule has 0 aliphatic rings. The molecule has 0 unspecified atom stereocenters. The molecule has 0 fully saturated rings. The summed E-state index contributed by atoms with van der Waals surface area (Å²) in [6, 6.07) is 0. The zero-order valence-electron chi connectivity index (χ0n) is 4.95. The van der Waals surface area contributed by atoms with Crippen molar-refractivity contribution in [2.75, 3.05) is 0 Å². The minimum atomic E-state index is -0.410. The minimum Gasteiger partial charge on any atom is -0.402 e. The van der Waals surface area contributed by atoms with Crippen LogP contribution in [0.25, 0.3) is 0 Å². The van der Waals surface area contributed by atoms with Gasteiger partial charge in [-0.2, -0.15) is 0 Å². The summed E-state index contributed by atoms with van der Waals surface area (Å²) in [7, 11) is 0. The average molecular weight is 115 g/mol. The van der Waals surface area contributed by atoms with E-state index in [9.17, 15) is 4.39 Å². The smallest absolute Gasteiger partial charge is 0.141 e. The molecule has 0 aromatic heterocycles. The summed E-state index contributed by atoms with van der Waals surface area (Å²) in [4.78, 5) is 0. The van der Waals surface area contributed by atoms with Crippen molar-refractivity contribution < 1.29 is 4.39 Å². The summed E-state index contributed by atoms with van der Waals surface area (Å²) >= 11 is 0. The molecule has 0 aliphatic carbocycles. The molecular formula is C6H10FN. The third kappa shape index (κ3) is 1.78. The van der Waals surface area contributed by atoms with E-state index in [0.717, 1.165) is 6.20 Å². The van der Waals surface area contributed by atoms with Gasteiger partial charge >= 0.3 is 0 Å². The molecule has 0 saturated heterocycles. The van der Waals surface area contributed by atoms with Gasteiger partial charge < -0.3 is 5.73 Å². The van der Waals surface area contributed by atoms with Crippen LogP contribution in [0.15, 0.2) is 24.2 Å². The summed E-state index contributed by atoms with van der Waals surface area (Å²) < 4.78 is 12.2. The second-order valence-corrected chi connectivity index (χ2v) is 1.47. The Balaban J connectivity index is 3.83. The first-order valence-electron chi connectivity index (χ1n) is 2.48. The highest BCUT2D eigenvalue weighted by Gasteiger charge is 1.93. The molecule has 0 radical (unpaired) electrons. The van der Waals surface area contributed by atoms with Crippen molar-refractivity contribution >= 4 is 0 Å². The standard InChI is InChI=1S/C6H10FN/c1-3-5(2)6(7)4-8/h4H,2-3,8H2,1H3/b6-4+. The molecule has 0 bridgehead atoms. The second kappa shape index (κ2) is 3.24. The van der Waals surface area contributed by atoms with Crippen LogP contribution < -0.4 is 5.73 Å². The fourth-order valence-corrected chi connectivity index (χ4v) is 0.287. The van der Waals surface area contributed by atoms with Gasteiger partial charge in [-0.05, 0) is 12.0 Å². The van der Waals surface area contributed by atoms with Crippen LogP contribution in [-0.4, -0.2) is 0 Å². The van der Waals surface area contributed by atoms with Crippen LogP contribution in [-0.2, 0) is 0 Å². The van der Waals surface area contributed by atoms with Gasteiger partial charge in [0.25, 0.3) is 0 Å². The third-order valence-corrected chi connectivity index (χ3v) is 0.911. The molecule has 1 nitrogen and oxygen atoms in total. The maximum atomic E-state index is 12.2. The fourth-order valence-electron chi connectivity index (χ4n) is 0.287. The summed E-state index contributed by atoms with van der Waals surface area (Å²) in [5.74, 6) is -0.410. The molecule has 8 heavy (non-hydrogen) atoms. The molecule has 46 valence electrons. The van der Waals surface area contributed by atoms with Gasteiger partial charge in [0.05, 0.1) is 0 Å². The van der Waals surface area contributed by atoms with Crippen molar-refractivity contribution in [1.29, 1.82) is 0 Å². The Labute approximate surface area is 48.7 Å². The summed E-state index contributed by atoms with van der Waals surface area (Å²) in [6.07, 6.45) is 1.53. The Hall–Kier alpha value is -0.790. The molecule has 0 spiro atoms. The quantitative estimate of drug-likeness (QED) is 0.545. The highest BCUT2D eigenvalue weighted by atomic mass is 19.1. The van der Waals surface area contributed by atoms with Crippen molar-refractivity contribution in [3.8, 4) is 0 Å². The van der Waals surface area contributed by atoms with E-state index >= 15 is 0 Å². The lowest BCUT2D eigenvalue weighted by molar-refractivity contribution is 0.641. The Bertz CT molecular complexity index is 116. The average Bonchev–Trinajstić information content (AvgIpc) is 1.84. The van der Waals surface area contributed by atoms with Crippen LogP contribution in [0.3, 0.4) is 0 Å². The van der Waals surface area contributed by atoms with Crippen molar-refractivity contribution in [2.24, 2.45) is 5.73 Å². The normalized spacial score (nSPS) is 11.5. The number of rotatable bonds is 2. The van der Waals surface area contributed by atoms with Crippen molar-refractivity contribution in [1.82, 2.24) is 0 Å². The van der Waals surface area contributed by atoms with E-state index < -0.39 is 5.83 Å². The van der Waals surface area contributed by atoms with E-state index in [-0.39, 0.29) is 0 Å². The Morgan fingerprint density at radius 3 is 2.50 bits per heavy atom. The topological polar surface area (TPSA) is 26.0 Å². The van der Waals surface area contributed by atoms with Gasteiger partial charge in [-0.15, -0.1) is 0 Å². The largest absolute Gasteiger partial charge is 0.402 e. The van der Waals surface area contributed by atoms with Gasteiger partial charge in [0, 0.05) is 6.20 Å². The van der Waals surface area contributed by atoms with Gasteiger partial charge in [-0.25, -0.2) is 4.39 Å². The molecule has 0 aliphatic heterocycles. The first kappa shape index (κ1) is 7.21. The molecule has 0 heterocycles. The van der Waals surface area contributed by atoms with Gasteiger partial charge in [0.2, 0.25) is 0 Å². The van der Waals surface area contributed by atoms with Crippen LogP contribution in [0.1, 0.15) is 13.3 Å². The van der Waals surface area contributed by atoms with Gasteiger partial charge in [-0.3, -0.25) is 0 Å². The van der Waals surface area contributed by atoms with Crippen molar-refractivity contribution in [2.45, 2.75) is 13.3 Å². The first-order chi connectivity index (χ1) is 3.72. The lowest BCUT2D eigenvalue weighted by Gasteiger charge is -1.93. The van der Waals surface area contributed by atoms with Gasteiger partial charge in [-0.1, -0.05) is 13.5 Å². The highest BCUT2D eigenvalue weighted by molar-refractivity contribution is 5.19. The van der Waals surface area contributed by atoms with E-state index in [2.05, 4.69) is 6.58 Å². The lowest BCUT2D eigenvalue weighted by atomic mass is 10.2. The molecule has 0 rings (SSSR count). The number of hydrogen-bond acceptors (Lipinski definition) is 1. The van der Waals surface area contributed by atoms with E-state index in [1.54, 1.807) is 0 Å². The SMILES string of the molecule is C=C(CC)/C(F)=C\N. The third-order valence-electron chi connectivity index (χ3n) is 0.911.